The van der Waals surface area contributed by atoms with Crippen molar-refractivity contribution >= 4 is 11.9 Å². The van der Waals surface area contributed by atoms with Gasteiger partial charge in [-0.05, 0) is 56.3 Å². The molecule has 0 saturated carbocycles. The van der Waals surface area contributed by atoms with E-state index < -0.39 is 0 Å². The van der Waals surface area contributed by atoms with E-state index in [-0.39, 0.29) is 11.9 Å². The molecule has 4 heteroatoms. The van der Waals surface area contributed by atoms with Crippen LogP contribution in [0.3, 0.4) is 0 Å². The smallest absolute Gasteiger partial charge is 0.305 e. The Morgan fingerprint density at radius 3 is 1.58 bits per heavy atom. The number of rotatable bonds is 21. The molecule has 0 radical (unpaired) electrons. The number of ether oxygens (including phenoxy) is 2. The molecule has 0 aromatic heterocycles. The largest absolute Gasteiger partial charge is 0.466 e. The summed E-state index contributed by atoms with van der Waals surface area (Å²) in [6.07, 6.45) is 15.6. The normalized spacial score (nSPS) is 12.4. The molecule has 0 aromatic rings. The van der Waals surface area contributed by atoms with Crippen LogP contribution in [0.15, 0.2) is 0 Å². The highest BCUT2D eigenvalue weighted by Crippen LogP contribution is 2.20. The van der Waals surface area contributed by atoms with E-state index >= 15 is 0 Å². The molecule has 0 rings (SSSR count). The number of carbonyl (C=O) groups excluding carboxylic acids is 2. The molecule has 0 aromatic carbocycles. The predicted octanol–water partition coefficient (Wildman–Crippen LogP) is 7.87. The third kappa shape index (κ3) is 21.9. The van der Waals surface area contributed by atoms with Crippen LogP contribution in [0.1, 0.15) is 131 Å². The molecule has 0 fully saturated rings. The standard InChI is InChI=1S/C27H52O4/c1-6-25(19-20-27(29)31-22-14-16-24(4)5)17-11-9-7-8-10-12-18-26(28)30-21-13-15-23(2)3/h23-25H,6-22H2,1-5H3. The van der Waals surface area contributed by atoms with Gasteiger partial charge in [-0.1, -0.05) is 79.6 Å². The molecule has 0 bridgehead atoms. The van der Waals surface area contributed by atoms with E-state index in [1.807, 2.05) is 0 Å². The molecule has 31 heavy (non-hydrogen) atoms. The molecular formula is C27H52O4. The van der Waals surface area contributed by atoms with Crippen LogP contribution in [0.4, 0.5) is 0 Å². The first-order valence-electron chi connectivity index (χ1n) is 13.2. The van der Waals surface area contributed by atoms with Crippen LogP contribution in [-0.2, 0) is 19.1 Å². The molecule has 1 atom stereocenters. The van der Waals surface area contributed by atoms with E-state index in [9.17, 15) is 9.59 Å². The maximum atomic E-state index is 11.9. The zero-order chi connectivity index (χ0) is 23.3. The fourth-order valence-electron chi connectivity index (χ4n) is 3.78. The lowest BCUT2D eigenvalue weighted by molar-refractivity contribution is -0.145. The molecule has 0 saturated heterocycles. The van der Waals surface area contributed by atoms with E-state index in [1.54, 1.807) is 0 Å². The highest BCUT2D eigenvalue weighted by molar-refractivity contribution is 5.69. The summed E-state index contributed by atoms with van der Waals surface area (Å²) in [5.74, 6) is 1.92. The van der Waals surface area contributed by atoms with Gasteiger partial charge in [0.1, 0.15) is 0 Å². The summed E-state index contributed by atoms with van der Waals surface area (Å²) in [5, 5.41) is 0. The van der Waals surface area contributed by atoms with Gasteiger partial charge in [0, 0.05) is 12.8 Å². The first-order chi connectivity index (χ1) is 14.8. The topological polar surface area (TPSA) is 52.6 Å². The Morgan fingerprint density at radius 2 is 1.06 bits per heavy atom. The molecule has 4 nitrogen and oxygen atoms in total. The van der Waals surface area contributed by atoms with Crippen LogP contribution in [0.25, 0.3) is 0 Å². The molecular weight excluding hydrogens is 388 g/mol. The third-order valence-electron chi connectivity index (χ3n) is 5.96. The summed E-state index contributed by atoms with van der Waals surface area (Å²) in [4.78, 5) is 23.6. The quantitative estimate of drug-likeness (QED) is 0.135. The van der Waals surface area contributed by atoms with Gasteiger partial charge in [0.15, 0.2) is 0 Å². The first kappa shape index (κ1) is 29.9. The Morgan fingerprint density at radius 1 is 0.581 bits per heavy atom. The highest BCUT2D eigenvalue weighted by Gasteiger charge is 2.11. The van der Waals surface area contributed by atoms with E-state index in [4.69, 9.17) is 9.47 Å². The molecule has 1 unspecified atom stereocenters. The van der Waals surface area contributed by atoms with Gasteiger partial charge < -0.3 is 9.47 Å². The second-order valence-corrected chi connectivity index (χ2v) is 9.99. The summed E-state index contributed by atoms with van der Waals surface area (Å²) in [6, 6.07) is 0. The van der Waals surface area contributed by atoms with Crippen molar-refractivity contribution < 1.29 is 19.1 Å². The van der Waals surface area contributed by atoms with Gasteiger partial charge in [-0.15, -0.1) is 0 Å². The Labute approximate surface area is 193 Å². The van der Waals surface area contributed by atoms with Crippen LogP contribution >= 0.6 is 0 Å². The molecule has 0 aliphatic heterocycles. The Hall–Kier alpha value is -1.06. The maximum absolute atomic E-state index is 11.9. The van der Waals surface area contributed by atoms with E-state index in [0.29, 0.717) is 43.8 Å². The third-order valence-corrected chi connectivity index (χ3v) is 5.96. The Bertz CT molecular complexity index is 431. The molecule has 0 aliphatic rings. The van der Waals surface area contributed by atoms with E-state index in [2.05, 4.69) is 34.6 Å². The Kier molecular flexibility index (Phi) is 20.1. The first-order valence-corrected chi connectivity index (χ1v) is 13.2. The van der Waals surface area contributed by atoms with Crippen molar-refractivity contribution in [2.75, 3.05) is 13.2 Å². The van der Waals surface area contributed by atoms with Gasteiger partial charge in [0.05, 0.1) is 13.2 Å². The van der Waals surface area contributed by atoms with Crippen LogP contribution in [-0.4, -0.2) is 25.2 Å². The monoisotopic (exact) mass is 440 g/mol. The highest BCUT2D eigenvalue weighted by atomic mass is 16.5. The van der Waals surface area contributed by atoms with Crippen molar-refractivity contribution in [2.24, 2.45) is 17.8 Å². The fourth-order valence-corrected chi connectivity index (χ4v) is 3.78. The van der Waals surface area contributed by atoms with Crippen molar-refractivity contribution in [1.29, 1.82) is 0 Å². The van der Waals surface area contributed by atoms with Gasteiger partial charge in [0.2, 0.25) is 0 Å². The molecule has 0 aliphatic carbocycles. The minimum atomic E-state index is -0.0343. The summed E-state index contributed by atoms with van der Waals surface area (Å²) >= 11 is 0. The van der Waals surface area contributed by atoms with Gasteiger partial charge in [-0.25, -0.2) is 0 Å². The molecule has 0 N–H and O–H groups in total. The van der Waals surface area contributed by atoms with Crippen LogP contribution < -0.4 is 0 Å². The summed E-state index contributed by atoms with van der Waals surface area (Å²) in [6.45, 7) is 12.1. The SMILES string of the molecule is CCC(CCCCCCCCC(=O)OCCCC(C)C)CCC(=O)OCCCC(C)C. The average molecular weight is 441 g/mol. The average Bonchev–Trinajstić information content (AvgIpc) is 2.72. The number of carbonyl (C=O) groups is 2. The molecule has 0 amide bonds. The van der Waals surface area contributed by atoms with Crippen molar-refractivity contribution in [2.45, 2.75) is 131 Å². The van der Waals surface area contributed by atoms with Gasteiger partial charge in [-0.2, -0.15) is 0 Å². The summed E-state index contributed by atoms with van der Waals surface area (Å²) in [5.41, 5.74) is 0. The second-order valence-electron chi connectivity index (χ2n) is 9.99. The van der Waals surface area contributed by atoms with Crippen LogP contribution in [0, 0.1) is 17.8 Å². The minimum Gasteiger partial charge on any atom is -0.466 e. The summed E-state index contributed by atoms with van der Waals surface area (Å²) < 4.78 is 10.6. The lowest BCUT2D eigenvalue weighted by Gasteiger charge is -2.14. The predicted molar refractivity (Wildman–Crippen MR) is 130 cm³/mol. The Balaban J connectivity index is 3.54. The zero-order valence-electron chi connectivity index (χ0n) is 21.4. The van der Waals surface area contributed by atoms with Crippen LogP contribution in [0.2, 0.25) is 0 Å². The summed E-state index contributed by atoms with van der Waals surface area (Å²) in [7, 11) is 0. The minimum absolute atomic E-state index is 0.0272. The number of hydrogen-bond donors (Lipinski definition) is 0. The number of esters is 2. The van der Waals surface area contributed by atoms with Gasteiger partial charge in [-0.3, -0.25) is 9.59 Å². The van der Waals surface area contributed by atoms with Gasteiger partial charge >= 0.3 is 11.9 Å². The van der Waals surface area contributed by atoms with Crippen molar-refractivity contribution in [3.8, 4) is 0 Å². The lowest BCUT2D eigenvalue weighted by Crippen LogP contribution is -2.09. The van der Waals surface area contributed by atoms with Crippen molar-refractivity contribution in [3.05, 3.63) is 0 Å². The zero-order valence-corrected chi connectivity index (χ0v) is 21.4. The number of unbranched alkanes of at least 4 members (excludes halogenated alkanes) is 5. The van der Waals surface area contributed by atoms with Crippen molar-refractivity contribution in [1.82, 2.24) is 0 Å². The van der Waals surface area contributed by atoms with E-state index in [0.717, 1.165) is 51.4 Å². The maximum Gasteiger partial charge on any atom is 0.305 e. The second kappa shape index (κ2) is 20.8. The fraction of sp³-hybridized carbons (Fsp3) is 0.926. The van der Waals surface area contributed by atoms with Crippen LogP contribution in [0.5, 0.6) is 0 Å². The molecule has 0 heterocycles. The lowest BCUT2D eigenvalue weighted by atomic mass is 9.93. The van der Waals surface area contributed by atoms with Gasteiger partial charge in [0.25, 0.3) is 0 Å². The van der Waals surface area contributed by atoms with E-state index in [1.165, 1.54) is 32.1 Å². The molecule has 184 valence electrons. The van der Waals surface area contributed by atoms with Crippen molar-refractivity contribution in [3.63, 3.8) is 0 Å². The molecule has 0 spiro atoms. The number of hydrogen-bond acceptors (Lipinski definition) is 4.